The summed E-state index contributed by atoms with van der Waals surface area (Å²) in [6.45, 7) is 3.09. The van der Waals surface area contributed by atoms with Crippen molar-refractivity contribution in [2.24, 2.45) is 0 Å². The number of rotatable bonds is 6. The Morgan fingerprint density at radius 1 is 1.30 bits per heavy atom. The van der Waals surface area contributed by atoms with Crippen molar-refractivity contribution in [3.8, 4) is 0 Å². The fraction of sp³-hybridized carbons (Fsp3) is 0.333. The highest BCUT2D eigenvalue weighted by molar-refractivity contribution is 7.89. The minimum Gasteiger partial charge on any atom is -0.480 e. The number of benzene rings is 1. The highest BCUT2D eigenvalue weighted by Gasteiger charge is 2.21. The zero-order valence-electron chi connectivity index (χ0n) is 11.0. The van der Waals surface area contributed by atoms with E-state index in [1.54, 1.807) is 6.92 Å². The lowest BCUT2D eigenvalue weighted by Gasteiger charge is -2.10. The number of carboxylic acid groups (broad SMARTS) is 1. The summed E-state index contributed by atoms with van der Waals surface area (Å²) in [5.74, 6) is -1.83. The normalized spacial score (nSPS) is 12.7. The molecule has 0 unspecified atom stereocenters. The van der Waals surface area contributed by atoms with Gasteiger partial charge in [0.2, 0.25) is 10.0 Å². The first-order valence-corrected chi connectivity index (χ1v) is 7.28. The van der Waals surface area contributed by atoms with Gasteiger partial charge in [0.1, 0.15) is 6.04 Å². The maximum absolute atomic E-state index is 11.9. The minimum absolute atomic E-state index is 0.126. The van der Waals surface area contributed by atoms with Crippen LogP contribution in [-0.2, 0) is 19.6 Å². The molecule has 0 amide bonds. The van der Waals surface area contributed by atoms with Crippen LogP contribution in [0.4, 0.5) is 0 Å². The Labute approximate surface area is 116 Å². The van der Waals surface area contributed by atoms with Crippen molar-refractivity contribution in [1.29, 1.82) is 0 Å². The van der Waals surface area contributed by atoms with Gasteiger partial charge >= 0.3 is 11.9 Å². The van der Waals surface area contributed by atoms with Crippen molar-refractivity contribution in [1.82, 2.24) is 4.72 Å². The number of carbonyl (C=O) groups excluding carboxylic acids is 1. The van der Waals surface area contributed by atoms with Gasteiger partial charge in [-0.1, -0.05) is 0 Å². The first kappa shape index (κ1) is 16.1. The summed E-state index contributed by atoms with van der Waals surface area (Å²) >= 11 is 0. The molecule has 1 aromatic carbocycles. The van der Waals surface area contributed by atoms with Gasteiger partial charge < -0.3 is 9.84 Å². The van der Waals surface area contributed by atoms with Crippen LogP contribution in [-0.4, -0.2) is 38.1 Å². The first-order chi connectivity index (χ1) is 9.27. The summed E-state index contributed by atoms with van der Waals surface area (Å²) in [7, 11) is -3.94. The lowest BCUT2D eigenvalue weighted by molar-refractivity contribution is -0.138. The van der Waals surface area contributed by atoms with Gasteiger partial charge in [0.25, 0.3) is 0 Å². The molecule has 1 rings (SSSR count). The highest BCUT2D eigenvalue weighted by Crippen LogP contribution is 2.12. The molecule has 0 aliphatic carbocycles. The highest BCUT2D eigenvalue weighted by atomic mass is 32.2. The summed E-state index contributed by atoms with van der Waals surface area (Å²) in [6.07, 6.45) is 0. The summed E-state index contributed by atoms with van der Waals surface area (Å²) in [4.78, 5) is 21.9. The Hall–Kier alpha value is -1.93. The number of carbonyl (C=O) groups is 2. The van der Waals surface area contributed by atoms with Crippen LogP contribution in [0, 0.1) is 0 Å². The number of carboxylic acids is 1. The quantitative estimate of drug-likeness (QED) is 0.745. The summed E-state index contributed by atoms with van der Waals surface area (Å²) in [5.41, 5.74) is 0.220. The Morgan fingerprint density at radius 2 is 1.85 bits per heavy atom. The second-order valence-corrected chi connectivity index (χ2v) is 5.64. The third kappa shape index (κ3) is 4.04. The summed E-state index contributed by atoms with van der Waals surface area (Å²) in [5, 5.41) is 8.68. The number of sulfonamides is 1. The SMILES string of the molecule is CCOC(=O)c1ccc(S(=O)(=O)N[C@@H](C)C(=O)O)cc1. The number of ether oxygens (including phenoxy) is 1. The third-order valence-electron chi connectivity index (χ3n) is 2.38. The van der Waals surface area contributed by atoms with E-state index in [-0.39, 0.29) is 17.1 Å². The van der Waals surface area contributed by atoms with E-state index in [0.717, 1.165) is 0 Å². The monoisotopic (exact) mass is 301 g/mol. The Kier molecular flexibility index (Phi) is 5.23. The van der Waals surface area contributed by atoms with Gasteiger partial charge in [-0.05, 0) is 38.1 Å². The van der Waals surface area contributed by atoms with Gasteiger partial charge in [-0.3, -0.25) is 4.79 Å². The van der Waals surface area contributed by atoms with E-state index in [4.69, 9.17) is 9.84 Å². The zero-order valence-corrected chi connectivity index (χ0v) is 11.8. The molecule has 0 bridgehead atoms. The van der Waals surface area contributed by atoms with Crippen LogP contribution >= 0.6 is 0 Å². The van der Waals surface area contributed by atoms with Crippen molar-refractivity contribution >= 4 is 22.0 Å². The topological polar surface area (TPSA) is 110 Å². The molecule has 0 heterocycles. The Balaban J connectivity index is 2.92. The molecule has 0 saturated heterocycles. The molecule has 0 radical (unpaired) electrons. The van der Waals surface area contributed by atoms with E-state index in [2.05, 4.69) is 0 Å². The van der Waals surface area contributed by atoms with Crippen LogP contribution < -0.4 is 4.72 Å². The molecule has 2 N–H and O–H groups in total. The van der Waals surface area contributed by atoms with E-state index in [9.17, 15) is 18.0 Å². The molecule has 20 heavy (non-hydrogen) atoms. The molecular weight excluding hydrogens is 286 g/mol. The third-order valence-corrected chi connectivity index (χ3v) is 3.93. The van der Waals surface area contributed by atoms with Gasteiger partial charge in [-0.25, -0.2) is 13.2 Å². The average Bonchev–Trinajstić information content (AvgIpc) is 2.38. The molecule has 110 valence electrons. The predicted molar refractivity (Wildman–Crippen MR) is 69.8 cm³/mol. The predicted octanol–water partition coefficient (Wildman–Crippen LogP) is 0.615. The lowest BCUT2D eigenvalue weighted by Crippen LogP contribution is -2.38. The van der Waals surface area contributed by atoms with Crippen LogP contribution in [0.25, 0.3) is 0 Å². The first-order valence-electron chi connectivity index (χ1n) is 5.80. The van der Waals surface area contributed by atoms with E-state index in [1.165, 1.54) is 31.2 Å². The van der Waals surface area contributed by atoms with Gasteiger partial charge in [0.15, 0.2) is 0 Å². The van der Waals surface area contributed by atoms with Crippen LogP contribution in [0.5, 0.6) is 0 Å². The smallest absolute Gasteiger partial charge is 0.338 e. The molecule has 7 nitrogen and oxygen atoms in total. The van der Waals surface area contributed by atoms with E-state index < -0.39 is 28.0 Å². The van der Waals surface area contributed by atoms with Crippen molar-refractivity contribution < 1.29 is 27.9 Å². The van der Waals surface area contributed by atoms with Gasteiger partial charge in [-0.2, -0.15) is 4.72 Å². The molecule has 0 saturated carbocycles. The minimum atomic E-state index is -3.94. The second-order valence-electron chi connectivity index (χ2n) is 3.93. The molecular formula is C12H15NO6S. The standard InChI is InChI=1S/C12H15NO6S/c1-3-19-12(16)9-4-6-10(7-5-9)20(17,18)13-8(2)11(14)15/h4-8,13H,3H2,1-2H3,(H,14,15)/t8-/m0/s1. The van der Waals surface area contributed by atoms with Crippen LogP contribution in [0.1, 0.15) is 24.2 Å². The van der Waals surface area contributed by atoms with Gasteiger partial charge in [0, 0.05) is 0 Å². The number of hydrogen-bond acceptors (Lipinski definition) is 5. The van der Waals surface area contributed by atoms with Gasteiger partial charge in [0.05, 0.1) is 17.1 Å². The molecule has 0 aromatic heterocycles. The van der Waals surface area contributed by atoms with E-state index >= 15 is 0 Å². The molecule has 0 spiro atoms. The summed E-state index contributed by atoms with van der Waals surface area (Å²) in [6, 6.07) is 3.78. The maximum atomic E-state index is 11.9. The fourth-order valence-corrected chi connectivity index (χ4v) is 2.53. The second kappa shape index (κ2) is 6.49. The number of hydrogen-bond donors (Lipinski definition) is 2. The number of nitrogens with one attached hydrogen (secondary N) is 1. The Morgan fingerprint density at radius 3 is 2.30 bits per heavy atom. The fourth-order valence-electron chi connectivity index (χ4n) is 1.34. The van der Waals surface area contributed by atoms with Crippen molar-refractivity contribution in [3.05, 3.63) is 29.8 Å². The number of esters is 1. The zero-order chi connectivity index (χ0) is 15.3. The molecule has 0 fully saturated rings. The van der Waals surface area contributed by atoms with Gasteiger partial charge in [-0.15, -0.1) is 0 Å². The molecule has 0 aliphatic heterocycles. The summed E-state index contributed by atoms with van der Waals surface area (Å²) < 4.78 is 30.5. The van der Waals surface area contributed by atoms with E-state index in [1.807, 2.05) is 4.72 Å². The average molecular weight is 301 g/mol. The van der Waals surface area contributed by atoms with Crippen molar-refractivity contribution in [2.45, 2.75) is 24.8 Å². The van der Waals surface area contributed by atoms with Crippen molar-refractivity contribution in [2.75, 3.05) is 6.61 Å². The number of aliphatic carboxylic acids is 1. The van der Waals surface area contributed by atoms with E-state index in [0.29, 0.717) is 0 Å². The van der Waals surface area contributed by atoms with Crippen molar-refractivity contribution in [3.63, 3.8) is 0 Å². The van der Waals surface area contributed by atoms with Crippen LogP contribution in [0.3, 0.4) is 0 Å². The molecule has 8 heteroatoms. The lowest BCUT2D eigenvalue weighted by atomic mass is 10.2. The van der Waals surface area contributed by atoms with Crippen LogP contribution in [0.15, 0.2) is 29.2 Å². The molecule has 1 aromatic rings. The molecule has 0 aliphatic rings. The maximum Gasteiger partial charge on any atom is 0.338 e. The Bertz CT molecular complexity index is 593. The van der Waals surface area contributed by atoms with Crippen LogP contribution in [0.2, 0.25) is 0 Å². The molecule has 1 atom stereocenters. The largest absolute Gasteiger partial charge is 0.480 e.